The maximum Gasteiger partial charge on any atom is 0.178 e. The summed E-state index contributed by atoms with van der Waals surface area (Å²) >= 11 is 0. The van der Waals surface area contributed by atoms with Gasteiger partial charge in [0.15, 0.2) is 5.82 Å². The van der Waals surface area contributed by atoms with Crippen LogP contribution in [0.2, 0.25) is 0 Å². The maximum absolute atomic E-state index is 4.44. The minimum absolute atomic E-state index is 0.671. The van der Waals surface area contributed by atoms with Crippen LogP contribution < -0.4 is 10.2 Å². The van der Waals surface area contributed by atoms with Gasteiger partial charge >= 0.3 is 0 Å². The molecule has 0 unspecified atom stereocenters. The molecule has 0 bridgehead atoms. The third-order valence-corrected chi connectivity index (χ3v) is 3.02. The van der Waals surface area contributed by atoms with E-state index in [0.29, 0.717) is 5.82 Å². The van der Waals surface area contributed by atoms with Crippen LogP contribution in [0.4, 0.5) is 5.69 Å². The van der Waals surface area contributed by atoms with Gasteiger partial charge in [-0.25, -0.2) is 9.97 Å². The van der Waals surface area contributed by atoms with Gasteiger partial charge in [0.25, 0.3) is 0 Å². The molecule has 5 nitrogen and oxygen atoms in total. The van der Waals surface area contributed by atoms with Crippen LogP contribution in [-0.4, -0.2) is 41.1 Å². The molecule has 0 saturated carbocycles. The smallest absolute Gasteiger partial charge is 0.178 e. The number of anilines is 1. The molecule has 1 aliphatic rings. The van der Waals surface area contributed by atoms with Crippen molar-refractivity contribution < 1.29 is 0 Å². The molecule has 92 valence electrons. The Bertz CT molecular complexity index is 491. The first-order valence-electron chi connectivity index (χ1n) is 6.12. The van der Waals surface area contributed by atoms with Crippen molar-refractivity contribution in [3.63, 3.8) is 0 Å². The topological polar surface area (TPSA) is 53.9 Å². The Morgan fingerprint density at radius 2 is 1.78 bits per heavy atom. The summed E-state index contributed by atoms with van der Waals surface area (Å²) in [6.07, 6.45) is 5.36. The first-order valence-corrected chi connectivity index (χ1v) is 6.12. The summed E-state index contributed by atoms with van der Waals surface area (Å²) in [6.45, 7) is 4.12. The van der Waals surface area contributed by atoms with Crippen molar-refractivity contribution >= 4 is 5.69 Å². The number of nitrogens with zero attached hydrogens (tertiary/aromatic N) is 4. The molecule has 5 heteroatoms. The maximum atomic E-state index is 4.44. The number of nitrogens with one attached hydrogen (secondary N) is 1. The molecule has 1 aliphatic heterocycles. The second-order valence-corrected chi connectivity index (χ2v) is 4.21. The van der Waals surface area contributed by atoms with Crippen molar-refractivity contribution in [1.29, 1.82) is 0 Å². The van der Waals surface area contributed by atoms with Gasteiger partial charge in [0.1, 0.15) is 5.69 Å². The van der Waals surface area contributed by atoms with E-state index in [1.165, 1.54) is 0 Å². The molecule has 3 rings (SSSR count). The van der Waals surface area contributed by atoms with Gasteiger partial charge in [-0.05, 0) is 18.2 Å². The van der Waals surface area contributed by atoms with Crippen molar-refractivity contribution in [1.82, 2.24) is 20.3 Å². The van der Waals surface area contributed by atoms with Crippen LogP contribution in [0.5, 0.6) is 0 Å². The summed E-state index contributed by atoms with van der Waals surface area (Å²) in [5.41, 5.74) is 1.98. The van der Waals surface area contributed by atoms with Crippen LogP contribution in [0.3, 0.4) is 0 Å². The standard InChI is InChI=1S/C13H15N5/c1-4-15-13(16-5-1)12-3-2-11(10-17-12)18-8-6-14-7-9-18/h1-5,10,14H,6-9H2. The van der Waals surface area contributed by atoms with Gasteiger partial charge < -0.3 is 10.2 Å². The van der Waals surface area contributed by atoms with Crippen molar-refractivity contribution in [3.8, 4) is 11.5 Å². The average molecular weight is 241 g/mol. The Labute approximate surface area is 106 Å². The number of rotatable bonds is 2. The predicted molar refractivity (Wildman–Crippen MR) is 70.3 cm³/mol. The Kier molecular flexibility index (Phi) is 3.14. The van der Waals surface area contributed by atoms with Crippen molar-refractivity contribution in [2.45, 2.75) is 0 Å². The number of pyridine rings is 1. The molecule has 0 atom stereocenters. The van der Waals surface area contributed by atoms with Gasteiger partial charge in [-0.1, -0.05) is 0 Å². The van der Waals surface area contributed by atoms with Crippen LogP contribution in [0.25, 0.3) is 11.5 Å². The van der Waals surface area contributed by atoms with Gasteiger partial charge in [-0.15, -0.1) is 0 Å². The molecule has 1 saturated heterocycles. The van der Waals surface area contributed by atoms with E-state index < -0.39 is 0 Å². The Morgan fingerprint density at radius 1 is 1.00 bits per heavy atom. The molecule has 1 fully saturated rings. The summed E-state index contributed by atoms with van der Waals surface area (Å²) in [5, 5.41) is 3.34. The number of hydrogen-bond donors (Lipinski definition) is 1. The second-order valence-electron chi connectivity index (χ2n) is 4.21. The van der Waals surface area contributed by atoms with Crippen molar-refractivity contribution in [2.24, 2.45) is 0 Å². The fourth-order valence-corrected chi connectivity index (χ4v) is 2.06. The van der Waals surface area contributed by atoms with E-state index in [1.807, 2.05) is 12.3 Å². The van der Waals surface area contributed by atoms with Crippen molar-refractivity contribution in [2.75, 3.05) is 31.1 Å². The highest BCUT2D eigenvalue weighted by Crippen LogP contribution is 2.17. The van der Waals surface area contributed by atoms with Crippen LogP contribution in [-0.2, 0) is 0 Å². The van der Waals surface area contributed by atoms with E-state index in [2.05, 4.69) is 31.2 Å². The number of aromatic nitrogens is 3. The fraction of sp³-hybridized carbons (Fsp3) is 0.308. The number of piperazine rings is 1. The molecule has 2 aromatic heterocycles. The first kappa shape index (κ1) is 11.1. The van der Waals surface area contributed by atoms with Gasteiger partial charge in [-0.2, -0.15) is 0 Å². The van der Waals surface area contributed by atoms with E-state index in [9.17, 15) is 0 Å². The highest BCUT2D eigenvalue weighted by atomic mass is 15.2. The molecule has 18 heavy (non-hydrogen) atoms. The molecule has 3 heterocycles. The molecule has 0 amide bonds. The van der Waals surface area contributed by atoms with E-state index >= 15 is 0 Å². The highest BCUT2D eigenvalue weighted by Gasteiger charge is 2.11. The van der Waals surface area contributed by atoms with Gasteiger partial charge in [-0.3, -0.25) is 4.98 Å². The lowest BCUT2D eigenvalue weighted by Crippen LogP contribution is -2.43. The molecule has 0 aliphatic carbocycles. The third kappa shape index (κ3) is 2.31. The van der Waals surface area contributed by atoms with Crippen LogP contribution in [0.15, 0.2) is 36.8 Å². The zero-order valence-electron chi connectivity index (χ0n) is 10.1. The van der Waals surface area contributed by atoms with Crippen LogP contribution >= 0.6 is 0 Å². The van der Waals surface area contributed by atoms with E-state index in [-0.39, 0.29) is 0 Å². The minimum atomic E-state index is 0.671. The summed E-state index contributed by atoms with van der Waals surface area (Å²) < 4.78 is 0. The quantitative estimate of drug-likeness (QED) is 0.848. The highest BCUT2D eigenvalue weighted by molar-refractivity contribution is 5.54. The molecule has 0 radical (unpaired) electrons. The summed E-state index contributed by atoms with van der Waals surface area (Å²) in [6, 6.07) is 5.87. The number of hydrogen-bond acceptors (Lipinski definition) is 5. The zero-order valence-corrected chi connectivity index (χ0v) is 10.1. The van der Waals surface area contributed by atoms with E-state index in [0.717, 1.165) is 37.6 Å². The minimum Gasteiger partial charge on any atom is -0.368 e. The zero-order chi connectivity index (χ0) is 12.2. The third-order valence-electron chi connectivity index (χ3n) is 3.02. The second kappa shape index (κ2) is 5.10. The SMILES string of the molecule is c1cnc(-c2ccc(N3CCNCC3)cn2)nc1. The Morgan fingerprint density at radius 3 is 2.44 bits per heavy atom. The lowest BCUT2D eigenvalue weighted by atomic mass is 10.2. The van der Waals surface area contributed by atoms with Gasteiger partial charge in [0.2, 0.25) is 0 Å². The lowest BCUT2D eigenvalue weighted by Gasteiger charge is -2.29. The molecule has 0 spiro atoms. The molecule has 2 aromatic rings. The molecule has 1 N–H and O–H groups in total. The van der Waals surface area contributed by atoms with Gasteiger partial charge in [0, 0.05) is 38.6 Å². The molecular formula is C13H15N5. The normalized spacial score (nSPS) is 15.7. The predicted octanol–water partition coefficient (Wildman–Crippen LogP) is 0.948. The van der Waals surface area contributed by atoms with Crippen LogP contribution in [0, 0.1) is 0 Å². The molecule has 0 aromatic carbocycles. The Balaban J connectivity index is 1.80. The van der Waals surface area contributed by atoms with Crippen molar-refractivity contribution in [3.05, 3.63) is 36.8 Å². The lowest BCUT2D eigenvalue weighted by molar-refractivity contribution is 0.589. The van der Waals surface area contributed by atoms with E-state index in [4.69, 9.17) is 0 Å². The van der Waals surface area contributed by atoms with Crippen LogP contribution in [0.1, 0.15) is 0 Å². The van der Waals surface area contributed by atoms with E-state index in [1.54, 1.807) is 18.5 Å². The summed E-state index contributed by atoms with van der Waals surface area (Å²) in [7, 11) is 0. The fourth-order valence-electron chi connectivity index (χ4n) is 2.06. The summed E-state index contributed by atoms with van der Waals surface area (Å²) in [4.78, 5) is 15.2. The Hall–Kier alpha value is -2.01. The molecular weight excluding hydrogens is 226 g/mol. The summed E-state index contributed by atoms with van der Waals surface area (Å²) in [5.74, 6) is 0.671. The largest absolute Gasteiger partial charge is 0.368 e. The monoisotopic (exact) mass is 241 g/mol. The average Bonchev–Trinajstić information content (AvgIpc) is 2.49. The van der Waals surface area contributed by atoms with Gasteiger partial charge in [0.05, 0.1) is 11.9 Å². The first-order chi connectivity index (χ1) is 8.93.